The minimum atomic E-state index is -1.05. The molecule has 3 nitrogen and oxygen atoms in total. The maximum Gasteiger partial charge on any atom is 0.371 e. The molecule has 0 amide bonds. The number of rotatable bonds is 3. The van der Waals surface area contributed by atoms with E-state index in [9.17, 15) is 4.79 Å². The molecule has 94 valence electrons. The molecule has 0 aliphatic carbocycles. The van der Waals surface area contributed by atoms with Crippen LogP contribution in [-0.2, 0) is 6.42 Å². The van der Waals surface area contributed by atoms with E-state index in [1.54, 1.807) is 6.07 Å². The molecular weight excluding hydrogens is 296 g/mol. The molecule has 1 heterocycles. The van der Waals surface area contributed by atoms with Gasteiger partial charge in [0.1, 0.15) is 5.76 Å². The zero-order chi connectivity index (χ0) is 13.3. The summed E-state index contributed by atoms with van der Waals surface area (Å²) >= 11 is 3.55. The van der Waals surface area contributed by atoms with Gasteiger partial charge >= 0.3 is 5.97 Å². The third-order valence-corrected chi connectivity index (χ3v) is 3.95. The van der Waals surface area contributed by atoms with Gasteiger partial charge in [0.15, 0.2) is 0 Å². The van der Waals surface area contributed by atoms with Crippen LogP contribution in [0, 0.1) is 6.92 Å². The lowest BCUT2D eigenvalue weighted by molar-refractivity contribution is 0.0663. The van der Waals surface area contributed by atoms with Crippen molar-refractivity contribution in [2.24, 2.45) is 0 Å². The lowest BCUT2D eigenvalue weighted by Gasteiger charge is -2.08. The number of aryl methyl sites for hydroxylation is 2. The summed E-state index contributed by atoms with van der Waals surface area (Å²) in [6.07, 6.45) is 0.905. The molecule has 0 unspecified atom stereocenters. The van der Waals surface area contributed by atoms with Crippen molar-refractivity contribution < 1.29 is 14.3 Å². The lowest BCUT2D eigenvalue weighted by atomic mass is 10.0. The number of carboxylic acids is 1. The Kier molecular flexibility index (Phi) is 3.57. The van der Waals surface area contributed by atoms with Crippen LogP contribution in [0.4, 0.5) is 0 Å². The van der Waals surface area contributed by atoms with Crippen molar-refractivity contribution >= 4 is 21.9 Å². The Balaban J connectivity index is 2.50. The maximum atomic E-state index is 10.8. The van der Waals surface area contributed by atoms with Crippen LogP contribution >= 0.6 is 15.9 Å². The first-order chi connectivity index (χ1) is 8.52. The third kappa shape index (κ3) is 2.34. The van der Waals surface area contributed by atoms with Crippen LogP contribution in [0.5, 0.6) is 0 Å². The van der Waals surface area contributed by atoms with Crippen molar-refractivity contribution in [1.29, 1.82) is 0 Å². The van der Waals surface area contributed by atoms with E-state index < -0.39 is 5.97 Å². The Morgan fingerprint density at radius 3 is 2.67 bits per heavy atom. The van der Waals surface area contributed by atoms with Crippen molar-refractivity contribution in [3.8, 4) is 11.3 Å². The number of halogens is 1. The molecule has 0 saturated heterocycles. The second-order valence-corrected chi connectivity index (χ2v) is 4.88. The van der Waals surface area contributed by atoms with Crippen LogP contribution in [0.2, 0.25) is 0 Å². The number of hydrogen-bond donors (Lipinski definition) is 1. The predicted molar refractivity (Wildman–Crippen MR) is 72.9 cm³/mol. The molecule has 1 aromatic heterocycles. The molecule has 0 aliphatic heterocycles. The fraction of sp³-hybridized carbons (Fsp3) is 0.214. The van der Waals surface area contributed by atoms with E-state index in [1.165, 1.54) is 11.6 Å². The van der Waals surface area contributed by atoms with Gasteiger partial charge in [0.25, 0.3) is 0 Å². The summed E-state index contributed by atoms with van der Waals surface area (Å²) in [5.74, 6) is -0.507. The minimum Gasteiger partial charge on any atom is -0.475 e. The molecule has 1 N–H and O–H groups in total. The number of benzene rings is 1. The van der Waals surface area contributed by atoms with Gasteiger partial charge in [-0.25, -0.2) is 4.79 Å². The van der Waals surface area contributed by atoms with Crippen LogP contribution in [0.15, 0.2) is 33.2 Å². The predicted octanol–water partition coefficient (Wildman–Crippen LogP) is 4.28. The Morgan fingerprint density at radius 1 is 1.39 bits per heavy atom. The van der Waals surface area contributed by atoms with E-state index >= 15 is 0 Å². The highest BCUT2D eigenvalue weighted by molar-refractivity contribution is 9.10. The summed E-state index contributed by atoms with van der Waals surface area (Å²) in [4.78, 5) is 10.8. The summed E-state index contributed by atoms with van der Waals surface area (Å²) in [5.41, 5.74) is 3.19. The molecule has 1 aromatic carbocycles. The smallest absolute Gasteiger partial charge is 0.371 e. The minimum absolute atomic E-state index is 0.0383. The highest BCUT2D eigenvalue weighted by Crippen LogP contribution is 2.30. The number of carbonyl (C=O) groups is 1. The van der Waals surface area contributed by atoms with Crippen molar-refractivity contribution in [3.63, 3.8) is 0 Å². The quantitative estimate of drug-likeness (QED) is 0.920. The third-order valence-electron chi connectivity index (χ3n) is 2.81. The second kappa shape index (κ2) is 4.98. The molecule has 0 fully saturated rings. The van der Waals surface area contributed by atoms with Gasteiger partial charge in [-0.05, 0) is 48.7 Å². The monoisotopic (exact) mass is 308 g/mol. The first-order valence-corrected chi connectivity index (χ1v) is 6.44. The summed E-state index contributed by atoms with van der Waals surface area (Å²) in [6.45, 7) is 4.09. The highest BCUT2D eigenvalue weighted by Gasteiger charge is 2.12. The van der Waals surface area contributed by atoms with Gasteiger partial charge in [0.2, 0.25) is 5.76 Å². The average molecular weight is 309 g/mol. The van der Waals surface area contributed by atoms with E-state index in [0.717, 1.165) is 22.0 Å². The number of furan rings is 1. The molecule has 0 atom stereocenters. The van der Waals surface area contributed by atoms with Crippen molar-refractivity contribution in [2.75, 3.05) is 0 Å². The van der Waals surface area contributed by atoms with E-state index in [4.69, 9.17) is 9.52 Å². The molecule has 18 heavy (non-hydrogen) atoms. The van der Waals surface area contributed by atoms with Crippen LogP contribution in [0.3, 0.4) is 0 Å². The molecule has 0 bridgehead atoms. The molecule has 0 saturated carbocycles. The van der Waals surface area contributed by atoms with E-state index in [-0.39, 0.29) is 5.76 Å². The van der Waals surface area contributed by atoms with Gasteiger partial charge in [-0.3, -0.25) is 0 Å². The Bertz CT molecular complexity index is 599. The summed E-state index contributed by atoms with van der Waals surface area (Å²) in [7, 11) is 0. The topological polar surface area (TPSA) is 50.4 Å². The standard InChI is InChI=1S/C14H13BrO3/c1-3-9-7-10(6-8(2)13(9)15)11-4-5-12(18-11)14(16)17/h4-7H,3H2,1-2H3,(H,16,17). The first-order valence-electron chi connectivity index (χ1n) is 5.65. The van der Waals surface area contributed by atoms with Gasteiger partial charge in [-0.1, -0.05) is 22.9 Å². The Labute approximate surface area is 114 Å². The molecule has 2 rings (SSSR count). The van der Waals surface area contributed by atoms with E-state index in [2.05, 4.69) is 22.9 Å². The Morgan fingerprint density at radius 2 is 2.11 bits per heavy atom. The zero-order valence-corrected chi connectivity index (χ0v) is 11.7. The fourth-order valence-electron chi connectivity index (χ4n) is 1.85. The molecule has 4 heteroatoms. The normalized spacial score (nSPS) is 10.6. The number of hydrogen-bond acceptors (Lipinski definition) is 2. The lowest BCUT2D eigenvalue weighted by Crippen LogP contribution is -1.92. The molecule has 2 aromatic rings. The fourth-order valence-corrected chi connectivity index (χ4v) is 2.36. The largest absolute Gasteiger partial charge is 0.475 e. The summed E-state index contributed by atoms with van der Waals surface area (Å²) in [6, 6.07) is 7.15. The molecule has 0 aliphatic rings. The van der Waals surface area contributed by atoms with Gasteiger partial charge < -0.3 is 9.52 Å². The van der Waals surface area contributed by atoms with E-state index in [0.29, 0.717) is 5.76 Å². The Hall–Kier alpha value is -1.55. The molecule has 0 radical (unpaired) electrons. The highest BCUT2D eigenvalue weighted by atomic mass is 79.9. The SMILES string of the molecule is CCc1cc(-c2ccc(C(=O)O)o2)cc(C)c1Br. The van der Waals surface area contributed by atoms with Crippen LogP contribution in [-0.4, -0.2) is 11.1 Å². The van der Waals surface area contributed by atoms with Gasteiger partial charge in [0.05, 0.1) is 0 Å². The first kappa shape index (κ1) is 12.9. The molecule has 0 spiro atoms. The van der Waals surface area contributed by atoms with Gasteiger partial charge in [0, 0.05) is 10.0 Å². The van der Waals surface area contributed by atoms with Gasteiger partial charge in [-0.15, -0.1) is 0 Å². The number of aromatic carboxylic acids is 1. The zero-order valence-electron chi connectivity index (χ0n) is 10.2. The maximum absolute atomic E-state index is 10.8. The average Bonchev–Trinajstić information content (AvgIpc) is 2.82. The van der Waals surface area contributed by atoms with E-state index in [1.807, 2.05) is 19.1 Å². The van der Waals surface area contributed by atoms with Crippen molar-refractivity contribution in [3.05, 3.63) is 45.6 Å². The summed E-state index contributed by atoms with van der Waals surface area (Å²) < 4.78 is 6.41. The number of carboxylic acid groups (broad SMARTS) is 1. The van der Waals surface area contributed by atoms with Crippen LogP contribution in [0.25, 0.3) is 11.3 Å². The van der Waals surface area contributed by atoms with Crippen LogP contribution in [0.1, 0.15) is 28.6 Å². The summed E-state index contributed by atoms with van der Waals surface area (Å²) in [5, 5.41) is 8.84. The van der Waals surface area contributed by atoms with Crippen molar-refractivity contribution in [1.82, 2.24) is 0 Å². The van der Waals surface area contributed by atoms with Crippen LogP contribution < -0.4 is 0 Å². The van der Waals surface area contributed by atoms with Crippen molar-refractivity contribution in [2.45, 2.75) is 20.3 Å². The molecular formula is C14H13BrO3. The van der Waals surface area contributed by atoms with Gasteiger partial charge in [-0.2, -0.15) is 0 Å². The second-order valence-electron chi connectivity index (χ2n) is 4.09.